The van der Waals surface area contributed by atoms with Gasteiger partial charge in [0.1, 0.15) is 5.82 Å². The molecule has 0 atom stereocenters. The van der Waals surface area contributed by atoms with Crippen LogP contribution in [0.3, 0.4) is 0 Å². The lowest BCUT2D eigenvalue weighted by Gasteiger charge is -2.16. The van der Waals surface area contributed by atoms with Gasteiger partial charge in [-0.15, -0.1) is 0 Å². The SMILES string of the molecule is COc1c(Cl)cc(C(=O)Nc2ccc(N3CCCC3)nc2)cc1Cl. The van der Waals surface area contributed by atoms with Gasteiger partial charge in [0.05, 0.1) is 29.0 Å². The maximum absolute atomic E-state index is 12.4. The molecule has 1 aromatic heterocycles. The number of halogens is 2. The largest absolute Gasteiger partial charge is 0.494 e. The number of ether oxygens (including phenoxy) is 1. The summed E-state index contributed by atoms with van der Waals surface area (Å²) in [7, 11) is 1.47. The van der Waals surface area contributed by atoms with Crippen molar-refractivity contribution in [2.24, 2.45) is 0 Å². The number of rotatable bonds is 4. The van der Waals surface area contributed by atoms with Gasteiger partial charge in [-0.25, -0.2) is 4.98 Å². The number of hydrogen-bond acceptors (Lipinski definition) is 4. The number of carbonyl (C=O) groups excluding carboxylic acids is 1. The maximum Gasteiger partial charge on any atom is 0.255 e. The number of amides is 1. The van der Waals surface area contributed by atoms with E-state index in [0.717, 1.165) is 18.9 Å². The number of anilines is 2. The monoisotopic (exact) mass is 365 g/mol. The van der Waals surface area contributed by atoms with E-state index in [0.29, 0.717) is 17.0 Å². The third-order valence-corrected chi connectivity index (χ3v) is 4.46. The van der Waals surface area contributed by atoms with Gasteiger partial charge in [-0.05, 0) is 37.1 Å². The van der Waals surface area contributed by atoms with Crippen molar-refractivity contribution in [2.45, 2.75) is 12.8 Å². The van der Waals surface area contributed by atoms with Gasteiger partial charge in [0.25, 0.3) is 5.91 Å². The second kappa shape index (κ2) is 7.28. The van der Waals surface area contributed by atoms with Gasteiger partial charge >= 0.3 is 0 Å². The minimum atomic E-state index is -0.308. The van der Waals surface area contributed by atoms with Crippen LogP contribution in [0.2, 0.25) is 10.0 Å². The summed E-state index contributed by atoms with van der Waals surface area (Å²) in [5, 5.41) is 3.37. The van der Waals surface area contributed by atoms with Gasteiger partial charge in [0.15, 0.2) is 5.75 Å². The molecule has 1 saturated heterocycles. The Morgan fingerprint density at radius 1 is 1.21 bits per heavy atom. The van der Waals surface area contributed by atoms with Crippen molar-refractivity contribution in [3.05, 3.63) is 46.1 Å². The van der Waals surface area contributed by atoms with Crippen molar-refractivity contribution >= 4 is 40.6 Å². The summed E-state index contributed by atoms with van der Waals surface area (Å²) in [6, 6.07) is 6.79. The van der Waals surface area contributed by atoms with E-state index in [4.69, 9.17) is 27.9 Å². The van der Waals surface area contributed by atoms with E-state index >= 15 is 0 Å². The lowest BCUT2D eigenvalue weighted by molar-refractivity contribution is 0.102. The summed E-state index contributed by atoms with van der Waals surface area (Å²) < 4.78 is 5.08. The van der Waals surface area contributed by atoms with E-state index < -0.39 is 0 Å². The Labute approximate surface area is 150 Å². The Bertz CT molecular complexity index is 721. The Morgan fingerprint density at radius 2 is 1.88 bits per heavy atom. The number of pyridine rings is 1. The van der Waals surface area contributed by atoms with Crippen LogP contribution in [0.15, 0.2) is 30.5 Å². The fourth-order valence-electron chi connectivity index (χ4n) is 2.68. The second-order valence-electron chi connectivity index (χ2n) is 5.53. The first kappa shape index (κ1) is 16.9. The summed E-state index contributed by atoms with van der Waals surface area (Å²) >= 11 is 12.1. The zero-order valence-corrected chi connectivity index (χ0v) is 14.7. The van der Waals surface area contributed by atoms with E-state index in [-0.39, 0.29) is 16.0 Å². The summed E-state index contributed by atoms with van der Waals surface area (Å²) in [6.45, 7) is 2.06. The molecule has 0 unspecified atom stereocenters. The predicted molar refractivity (Wildman–Crippen MR) is 96.7 cm³/mol. The van der Waals surface area contributed by atoms with Crippen LogP contribution in [-0.2, 0) is 0 Å². The average molecular weight is 366 g/mol. The number of nitrogens with zero attached hydrogens (tertiary/aromatic N) is 2. The van der Waals surface area contributed by atoms with E-state index in [1.54, 1.807) is 6.20 Å². The van der Waals surface area contributed by atoms with Gasteiger partial charge in [-0.3, -0.25) is 4.79 Å². The van der Waals surface area contributed by atoms with Crippen molar-refractivity contribution in [1.29, 1.82) is 0 Å². The molecule has 1 aromatic carbocycles. The molecule has 2 aromatic rings. The molecule has 0 bridgehead atoms. The van der Waals surface area contributed by atoms with Gasteiger partial charge in [-0.2, -0.15) is 0 Å². The van der Waals surface area contributed by atoms with Crippen molar-refractivity contribution in [2.75, 3.05) is 30.4 Å². The molecule has 24 heavy (non-hydrogen) atoms. The molecule has 0 aliphatic carbocycles. The smallest absolute Gasteiger partial charge is 0.255 e. The van der Waals surface area contributed by atoms with Crippen LogP contribution >= 0.6 is 23.2 Å². The third-order valence-electron chi connectivity index (χ3n) is 3.90. The van der Waals surface area contributed by atoms with E-state index in [9.17, 15) is 4.79 Å². The molecule has 1 N–H and O–H groups in total. The zero-order chi connectivity index (χ0) is 17.1. The number of aromatic nitrogens is 1. The quantitative estimate of drug-likeness (QED) is 0.879. The van der Waals surface area contributed by atoms with Crippen LogP contribution < -0.4 is 15.0 Å². The maximum atomic E-state index is 12.4. The summed E-state index contributed by atoms with van der Waals surface area (Å²) in [6.07, 6.45) is 4.04. The van der Waals surface area contributed by atoms with Crippen LogP contribution in [0.5, 0.6) is 5.75 Å². The number of methoxy groups -OCH3 is 1. The zero-order valence-electron chi connectivity index (χ0n) is 13.2. The van der Waals surface area contributed by atoms with E-state index in [1.807, 2.05) is 12.1 Å². The van der Waals surface area contributed by atoms with Crippen LogP contribution in [0.25, 0.3) is 0 Å². The first-order chi connectivity index (χ1) is 11.6. The Hall–Kier alpha value is -1.98. The van der Waals surface area contributed by atoms with Crippen molar-refractivity contribution in [3.63, 3.8) is 0 Å². The van der Waals surface area contributed by atoms with Gasteiger partial charge in [0.2, 0.25) is 0 Å². The van der Waals surface area contributed by atoms with Crippen molar-refractivity contribution in [1.82, 2.24) is 4.98 Å². The lowest BCUT2D eigenvalue weighted by atomic mass is 10.2. The first-order valence-electron chi connectivity index (χ1n) is 7.64. The van der Waals surface area contributed by atoms with Crippen LogP contribution in [0.1, 0.15) is 23.2 Å². The number of nitrogens with one attached hydrogen (secondary N) is 1. The van der Waals surface area contributed by atoms with Gasteiger partial charge in [0, 0.05) is 18.7 Å². The molecule has 1 aliphatic rings. The molecule has 5 nitrogen and oxygen atoms in total. The number of benzene rings is 1. The van der Waals surface area contributed by atoms with Crippen molar-refractivity contribution in [3.8, 4) is 5.75 Å². The fraction of sp³-hybridized carbons (Fsp3) is 0.294. The molecule has 126 valence electrons. The average Bonchev–Trinajstić information content (AvgIpc) is 3.09. The highest BCUT2D eigenvalue weighted by Crippen LogP contribution is 2.34. The molecule has 0 spiro atoms. The fourth-order valence-corrected chi connectivity index (χ4v) is 3.32. The molecule has 1 fully saturated rings. The molecular formula is C17H17Cl2N3O2. The molecule has 3 rings (SSSR count). The van der Waals surface area contributed by atoms with Crippen LogP contribution in [-0.4, -0.2) is 31.1 Å². The normalized spacial score (nSPS) is 13.9. The number of hydrogen-bond donors (Lipinski definition) is 1. The predicted octanol–water partition coefficient (Wildman–Crippen LogP) is 4.25. The van der Waals surface area contributed by atoms with Gasteiger partial charge < -0.3 is 15.0 Å². The highest BCUT2D eigenvalue weighted by molar-refractivity contribution is 6.37. The molecular weight excluding hydrogens is 349 g/mol. The summed E-state index contributed by atoms with van der Waals surface area (Å²) in [5.41, 5.74) is 0.973. The topological polar surface area (TPSA) is 54.5 Å². The number of carbonyl (C=O) groups is 1. The van der Waals surface area contributed by atoms with Crippen LogP contribution in [0.4, 0.5) is 11.5 Å². The van der Waals surface area contributed by atoms with E-state index in [1.165, 1.54) is 32.1 Å². The van der Waals surface area contributed by atoms with Crippen molar-refractivity contribution < 1.29 is 9.53 Å². The summed E-state index contributed by atoms with van der Waals surface area (Å²) in [4.78, 5) is 19.0. The molecule has 7 heteroatoms. The third kappa shape index (κ3) is 3.57. The second-order valence-corrected chi connectivity index (χ2v) is 6.34. The van der Waals surface area contributed by atoms with Crippen LogP contribution in [0, 0.1) is 0 Å². The highest BCUT2D eigenvalue weighted by atomic mass is 35.5. The standard InChI is InChI=1S/C17H17Cl2N3O2/c1-24-16-13(18)8-11(9-14(16)19)17(23)21-12-4-5-15(20-10-12)22-6-2-3-7-22/h4-5,8-10H,2-3,6-7H2,1H3,(H,21,23). The molecule has 1 amide bonds. The minimum Gasteiger partial charge on any atom is -0.494 e. The van der Waals surface area contributed by atoms with Gasteiger partial charge in [-0.1, -0.05) is 23.2 Å². The Kier molecular flexibility index (Phi) is 5.11. The molecule has 2 heterocycles. The Morgan fingerprint density at radius 3 is 2.42 bits per heavy atom. The minimum absolute atomic E-state index is 0.289. The molecule has 1 aliphatic heterocycles. The highest BCUT2D eigenvalue weighted by Gasteiger charge is 2.15. The Balaban J connectivity index is 1.72. The summed E-state index contributed by atoms with van der Waals surface area (Å²) in [5.74, 6) is 0.977. The lowest BCUT2D eigenvalue weighted by Crippen LogP contribution is -2.19. The first-order valence-corrected chi connectivity index (χ1v) is 8.39. The molecule has 0 radical (unpaired) electrons. The van der Waals surface area contributed by atoms with E-state index in [2.05, 4.69) is 15.2 Å². The molecule has 0 saturated carbocycles.